The second-order valence-electron chi connectivity index (χ2n) is 4.21. The van der Waals surface area contributed by atoms with E-state index in [1.807, 2.05) is 0 Å². The summed E-state index contributed by atoms with van der Waals surface area (Å²) < 4.78 is 3.23. The topological polar surface area (TPSA) is 30.7 Å². The molecule has 0 bridgehead atoms. The van der Waals surface area contributed by atoms with Crippen LogP contribution >= 0.6 is 31.9 Å². The molecule has 0 radical (unpaired) electrons. The largest absolute Gasteiger partial charge is 0.310 e. The van der Waals surface area contributed by atoms with Crippen LogP contribution < -0.4 is 0 Å². The average molecular weight is 373 g/mol. The van der Waals surface area contributed by atoms with Gasteiger partial charge in [0.2, 0.25) is 0 Å². The van der Waals surface area contributed by atoms with E-state index < -0.39 is 0 Å². The van der Waals surface area contributed by atoms with E-state index in [1.165, 1.54) is 5.56 Å². The van der Waals surface area contributed by atoms with Crippen LogP contribution in [0.5, 0.6) is 0 Å². The number of hydrogen-bond donors (Lipinski definition) is 0. The van der Waals surface area contributed by atoms with Crippen molar-refractivity contribution >= 4 is 31.9 Å². The van der Waals surface area contributed by atoms with Crippen LogP contribution in [0.4, 0.5) is 0 Å². The van der Waals surface area contributed by atoms with Crippen molar-refractivity contribution in [2.45, 2.75) is 32.1 Å². The summed E-state index contributed by atoms with van der Waals surface area (Å²) in [5, 5.41) is 9.28. The van der Waals surface area contributed by atoms with Crippen LogP contribution in [0.25, 0.3) is 11.4 Å². The van der Waals surface area contributed by atoms with Crippen LogP contribution in [0.2, 0.25) is 0 Å². The van der Waals surface area contributed by atoms with E-state index in [0.717, 1.165) is 40.0 Å². The zero-order valence-electron chi connectivity index (χ0n) is 10.5. The van der Waals surface area contributed by atoms with E-state index in [9.17, 15) is 0 Å². The molecule has 0 unspecified atom stereocenters. The molecule has 18 heavy (non-hydrogen) atoms. The molecule has 0 aliphatic heterocycles. The van der Waals surface area contributed by atoms with E-state index in [-0.39, 0.29) is 0 Å². The van der Waals surface area contributed by atoms with Gasteiger partial charge in [0.1, 0.15) is 5.82 Å². The van der Waals surface area contributed by atoms with Gasteiger partial charge in [-0.2, -0.15) is 0 Å². The highest BCUT2D eigenvalue weighted by molar-refractivity contribution is 9.10. The molecule has 0 N–H and O–H groups in total. The highest BCUT2D eigenvalue weighted by atomic mass is 79.9. The van der Waals surface area contributed by atoms with Crippen molar-refractivity contribution in [3.63, 3.8) is 0 Å². The first kappa shape index (κ1) is 13.7. The van der Waals surface area contributed by atoms with Crippen molar-refractivity contribution in [1.82, 2.24) is 14.8 Å². The molecular weight excluding hydrogens is 358 g/mol. The van der Waals surface area contributed by atoms with Gasteiger partial charge in [0.25, 0.3) is 0 Å². The maximum Gasteiger partial charge on any atom is 0.165 e. The number of halogens is 2. The maximum atomic E-state index is 4.32. The van der Waals surface area contributed by atoms with E-state index in [4.69, 9.17) is 0 Å². The van der Waals surface area contributed by atoms with Crippen LogP contribution in [0.1, 0.15) is 24.7 Å². The molecule has 0 aliphatic rings. The van der Waals surface area contributed by atoms with Gasteiger partial charge in [-0.15, -0.1) is 10.2 Å². The fraction of sp³-hybridized carbons (Fsp3) is 0.385. The van der Waals surface area contributed by atoms with Gasteiger partial charge in [0.05, 0.1) is 5.33 Å². The Bertz CT molecular complexity index is 549. The van der Waals surface area contributed by atoms with Crippen LogP contribution in [0.3, 0.4) is 0 Å². The SMILES string of the molecule is CCCn1c(CBr)nnc1-c1ccc(C)cc1Br. The molecule has 2 aromatic rings. The zero-order chi connectivity index (χ0) is 13.1. The van der Waals surface area contributed by atoms with E-state index in [0.29, 0.717) is 0 Å². The first-order valence-electron chi connectivity index (χ1n) is 5.92. The minimum Gasteiger partial charge on any atom is -0.310 e. The predicted octanol–water partition coefficient (Wildman–Crippen LogP) is 4.32. The van der Waals surface area contributed by atoms with Crippen molar-refractivity contribution < 1.29 is 0 Å². The summed E-state index contributed by atoms with van der Waals surface area (Å²) in [6.07, 6.45) is 1.06. The van der Waals surface area contributed by atoms with Gasteiger partial charge < -0.3 is 4.57 Å². The average Bonchev–Trinajstić information content (AvgIpc) is 2.73. The molecule has 0 atom stereocenters. The Kier molecular flexibility index (Phi) is 4.56. The highest BCUT2D eigenvalue weighted by Gasteiger charge is 2.14. The lowest BCUT2D eigenvalue weighted by Gasteiger charge is -2.09. The van der Waals surface area contributed by atoms with Crippen LogP contribution in [-0.2, 0) is 11.9 Å². The Morgan fingerprint density at radius 2 is 2.06 bits per heavy atom. The third kappa shape index (κ3) is 2.67. The van der Waals surface area contributed by atoms with Gasteiger partial charge in [-0.25, -0.2) is 0 Å². The molecular formula is C13H15Br2N3. The van der Waals surface area contributed by atoms with Crippen molar-refractivity contribution in [1.29, 1.82) is 0 Å². The Hall–Kier alpha value is -0.680. The Morgan fingerprint density at radius 3 is 2.67 bits per heavy atom. The number of alkyl halides is 1. The third-order valence-corrected chi connectivity index (χ3v) is 3.92. The van der Waals surface area contributed by atoms with E-state index >= 15 is 0 Å². The van der Waals surface area contributed by atoms with Crippen molar-refractivity contribution in [2.75, 3.05) is 0 Å². The molecule has 1 aromatic heterocycles. The zero-order valence-corrected chi connectivity index (χ0v) is 13.6. The molecule has 0 amide bonds. The Labute approximate surface area is 124 Å². The van der Waals surface area contributed by atoms with Crippen LogP contribution in [-0.4, -0.2) is 14.8 Å². The number of benzene rings is 1. The lowest BCUT2D eigenvalue weighted by Crippen LogP contribution is -2.04. The summed E-state index contributed by atoms with van der Waals surface area (Å²) in [5.41, 5.74) is 2.32. The molecule has 2 rings (SSSR count). The first-order valence-corrected chi connectivity index (χ1v) is 7.83. The molecule has 3 nitrogen and oxygen atoms in total. The number of aryl methyl sites for hydroxylation is 1. The first-order chi connectivity index (χ1) is 8.67. The number of aromatic nitrogens is 3. The third-order valence-electron chi connectivity index (χ3n) is 2.76. The molecule has 96 valence electrons. The summed E-state index contributed by atoms with van der Waals surface area (Å²) >= 11 is 7.07. The fourth-order valence-corrected chi connectivity index (χ4v) is 2.98. The fourth-order valence-electron chi connectivity index (χ4n) is 1.89. The monoisotopic (exact) mass is 371 g/mol. The second-order valence-corrected chi connectivity index (χ2v) is 5.62. The smallest absolute Gasteiger partial charge is 0.165 e. The van der Waals surface area contributed by atoms with Crippen molar-refractivity contribution in [3.05, 3.63) is 34.1 Å². The minimum absolute atomic E-state index is 0.726. The summed E-state index contributed by atoms with van der Waals surface area (Å²) in [4.78, 5) is 0. The lowest BCUT2D eigenvalue weighted by atomic mass is 10.1. The van der Waals surface area contributed by atoms with E-state index in [1.54, 1.807) is 0 Å². The minimum atomic E-state index is 0.726. The van der Waals surface area contributed by atoms with Crippen molar-refractivity contribution in [2.24, 2.45) is 0 Å². The maximum absolute atomic E-state index is 4.32. The molecule has 1 heterocycles. The normalized spacial score (nSPS) is 10.9. The van der Waals surface area contributed by atoms with E-state index in [2.05, 4.69) is 78.7 Å². The van der Waals surface area contributed by atoms with Gasteiger partial charge >= 0.3 is 0 Å². The Balaban J connectivity index is 2.52. The number of nitrogens with zero attached hydrogens (tertiary/aromatic N) is 3. The molecule has 0 saturated heterocycles. The molecule has 1 aromatic carbocycles. The van der Waals surface area contributed by atoms with Gasteiger partial charge in [-0.05, 0) is 31.0 Å². The molecule has 0 fully saturated rings. The summed E-state index contributed by atoms with van der Waals surface area (Å²) in [6.45, 7) is 5.17. The summed E-state index contributed by atoms with van der Waals surface area (Å²) in [7, 11) is 0. The van der Waals surface area contributed by atoms with Gasteiger partial charge in [0, 0.05) is 16.6 Å². The Morgan fingerprint density at radius 1 is 1.28 bits per heavy atom. The van der Waals surface area contributed by atoms with Crippen LogP contribution in [0, 0.1) is 6.92 Å². The van der Waals surface area contributed by atoms with Gasteiger partial charge in [-0.3, -0.25) is 0 Å². The molecule has 0 aliphatic carbocycles. The van der Waals surface area contributed by atoms with Crippen LogP contribution in [0.15, 0.2) is 22.7 Å². The molecule has 0 saturated carbocycles. The van der Waals surface area contributed by atoms with Crippen molar-refractivity contribution in [3.8, 4) is 11.4 Å². The van der Waals surface area contributed by atoms with Gasteiger partial charge in [-0.1, -0.05) is 44.8 Å². The standard InChI is InChI=1S/C13H15Br2N3/c1-3-6-18-12(8-14)16-17-13(18)10-5-4-9(2)7-11(10)15/h4-5,7H,3,6,8H2,1-2H3. The number of hydrogen-bond acceptors (Lipinski definition) is 2. The molecule has 0 spiro atoms. The predicted molar refractivity (Wildman–Crippen MR) is 80.8 cm³/mol. The lowest BCUT2D eigenvalue weighted by molar-refractivity contribution is 0.661. The second kappa shape index (κ2) is 5.97. The quantitative estimate of drug-likeness (QED) is 0.748. The number of rotatable bonds is 4. The summed E-state index contributed by atoms with van der Waals surface area (Å²) in [5.74, 6) is 1.90. The molecule has 5 heteroatoms. The summed E-state index contributed by atoms with van der Waals surface area (Å²) in [6, 6.07) is 6.29. The highest BCUT2D eigenvalue weighted by Crippen LogP contribution is 2.28. The van der Waals surface area contributed by atoms with Gasteiger partial charge in [0.15, 0.2) is 5.82 Å².